The van der Waals surface area contributed by atoms with Gasteiger partial charge in [-0.05, 0) is 25.5 Å². The van der Waals surface area contributed by atoms with E-state index in [0.717, 1.165) is 17.8 Å². The van der Waals surface area contributed by atoms with Gasteiger partial charge >= 0.3 is 0 Å². The zero-order valence-corrected chi connectivity index (χ0v) is 8.99. The molecule has 0 unspecified atom stereocenters. The van der Waals surface area contributed by atoms with Crippen LogP contribution in [0.2, 0.25) is 0 Å². The third kappa shape index (κ3) is 2.85. The molecule has 0 atom stereocenters. The smallest absolute Gasteiger partial charge is 0.0778 e. The quantitative estimate of drug-likeness (QED) is 0.584. The maximum absolute atomic E-state index is 4.42. The maximum Gasteiger partial charge on any atom is 0.0778 e. The maximum atomic E-state index is 4.42. The van der Waals surface area contributed by atoms with Crippen LogP contribution in [-0.2, 0) is 0 Å². The molecule has 0 saturated heterocycles. The van der Waals surface area contributed by atoms with Crippen molar-refractivity contribution in [3.8, 4) is 0 Å². The van der Waals surface area contributed by atoms with Crippen molar-refractivity contribution < 1.29 is 0 Å². The van der Waals surface area contributed by atoms with Gasteiger partial charge in [-0.3, -0.25) is 0 Å². The van der Waals surface area contributed by atoms with Crippen molar-refractivity contribution in [2.75, 3.05) is 12.2 Å². The molecule has 1 aromatic rings. The standard InChI is InChI=1S/C11H17N3/c1-4-10(2)13-14(12-3)11-8-6-5-7-9-11/h5-9,12H,4H2,1-3H3/b13-10-. The molecule has 0 saturated carbocycles. The van der Waals surface area contributed by atoms with Crippen molar-refractivity contribution in [1.82, 2.24) is 5.43 Å². The summed E-state index contributed by atoms with van der Waals surface area (Å²) in [6, 6.07) is 10.0. The first-order chi connectivity index (χ1) is 6.77. The summed E-state index contributed by atoms with van der Waals surface area (Å²) in [5.74, 6) is 0. The van der Waals surface area contributed by atoms with Crippen LogP contribution in [0.5, 0.6) is 0 Å². The molecule has 14 heavy (non-hydrogen) atoms. The normalized spacial score (nSPS) is 11.5. The van der Waals surface area contributed by atoms with Crippen LogP contribution in [0.1, 0.15) is 20.3 Å². The number of hydrazone groups is 1. The lowest BCUT2D eigenvalue weighted by atomic mass is 10.3. The van der Waals surface area contributed by atoms with E-state index in [1.807, 2.05) is 44.3 Å². The van der Waals surface area contributed by atoms with E-state index in [1.54, 1.807) is 5.12 Å². The molecule has 1 N–H and O–H groups in total. The molecule has 1 aromatic carbocycles. The predicted octanol–water partition coefficient (Wildman–Crippen LogP) is 2.41. The lowest BCUT2D eigenvalue weighted by Gasteiger charge is -2.18. The van der Waals surface area contributed by atoms with Gasteiger partial charge in [0.2, 0.25) is 0 Å². The zero-order chi connectivity index (χ0) is 10.4. The van der Waals surface area contributed by atoms with Crippen LogP contribution in [0.15, 0.2) is 35.4 Å². The van der Waals surface area contributed by atoms with Gasteiger partial charge in [-0.15, -0.1) is 0 Å². The number of benzene rings is 1. The molecule has 0 aliphatic heterocycles. The van der Waals surface area contributed by atoms with Crippen molar-refractivity contribution in [1.29, 1.82) is 0 Å². The molecule has 76 valence electrons. The van der Waals surface area contributed by atoms with Crippen molar-refractivity contribution >= 4 is 11.4 Å². The number of rotatable bonds is 4. The lowest BCUT2D eigenvalue weighted by Crippen LogP contribution is -2.30. The van der Waals surface area contributed by atoms with Crippen LogP contribution in [0.3, 0.4) is 0 Å². The third-order valence-electron chi connectivity index (χ3n) is 1.99. The summed E-state index contributed by atoms with van der Waals surface area (Å²) >= 11 is 0. The van der Waals surface area contributed by atoms with Crippen LogP contribution in [-0.4, -0.2) is 12.8 Å². The Morgan fingerprint density at radius 1 is 1.36 bits per heavy atom. The Hall–Kier alpha value is -1.35. The van der Waals surface area contributed by atoms with Gasteiger partial charge in [-0.1, -0.05) is 25.1 Å². The van der Waals surface area contributed by atoms with Crippen LogP contribution in [0.4, 0.5) is 5.69 Å². The SMILES string of the molecule is CC/C(C)=N\N(NC)c1ccccc1. The highest BCUT2D eigenvalue weighted by molar-refractivity contribution is 5.82. The predicted molar refractivity (Wildman–Crippen MR) is 61.4 cm³/mol. The first kappa shape index (κ1) is 10.7. The fourth-order valence-electron chi connectivity index (χ4n) is 1.05. The first-order valence-electron chi connectivity index (χ1n) is 4.84. The summed E-state index contributed by atoms with van der Waals surface area (Å²) in [4.78, 5) is 0. The molecule has 0 fully saturated rings. The van der Waals surface area contributed by atoms with Crippen LogP contribution >= 0.6 is 0 Å². The Kier molecular flexibility index (Phi) is 4.13. The molecule has 0 aliphatic carbocycles. The van der Waals surface area contributed by atoms with Gasteiger partial charge in [-0.25, -0.2) is 5.43 Å². The number of hydrogen-bond acceptors (Lipinski definition) is 3. The topological polar surface area (TPSA) is 27.6 Å². The van der Waals surface area contributed by atoms with E-state index in [0.29, 0.717) is 0 Å². The Morgan fingerprint density at radius 3 is 2.50 bits per heavy atom. The number of anilines is 1. The molecule has 3 heteroatoms. The van der Waals surface area contributed by atoms with Gasteiger partial charge < -0.3 is 0 Å². The molecular formula is C11H17N3. The fraction of sp³-hybridized carbons (Fsp3) is 0.364. The average Bonchev–Trinajstić information content (AvgIpc) is 2.26. The van der Waals surface area contributed by atoms with Crippen LogP contribution in [0.25, 0.3) is 0 Å². The minimum Gasteiger partial charge on any atom is -0.216 e. The first-order valence-corrected chi connectivity index (χ1v) is 4.84. The highest BCUT2D eigenvalue weighted by atomic mass is 15.7. The molecule has 3 nitrogen and oxygen atoms in total. The van der Waals surface area contributed by atoms with Crippen molar-refractivity contribution in [2.24, 2.45) is 5.10 Å². The molecular weight excluding hydrogens is 174 g/mol. The number of nitrogens with zero attached hydrogens (tertiary/aromatic N) is 2. The van der Waals surface area contributed by atoms with E-state index in [1.165, 1.54) is 0 Å². The Labute approximate surface area is 85.4 Å². The number of hydrogen-bond donors (Lipinski definition) is 1. The monoisotopic (exact) mass is 191 g/mol. The second-order valence-corrected chi connectivity index (χ2v) is 3.06. The van der Waals surface area contributed by atoms with Gasteiger partial charge in [-0.2, -0.15) is 10.2 Å². The molecule has 0 heterocycles. The van der Waals surface area contributed by atoms with E-state index in [9.17, 15) is 0 Å². The highest BCUT2D eigenvalue weighted by Gasteiger charge is 2.00. The minimum atomic E-state index is 0.963. The minimum absolute atomic E-state index is 0.963. The van der Waals surface area contributed by atoms with Gasteiger partial charge in [0.05, 0.1) is 5.69 Å². The van der Waals surface area contributed by atoms with Gasteiger partial charge in [0.15, 0.2) is 0 Å². The summed E-state index contributed by atoms with van der Waals surface area (Å²) in [6.07, 6.45) is 0.963. The van der Waals surface area contributed by atoms with E-state index in [-0.39, 0.29) is 0 Å². The molecule has 0 amide bonds. The molecule has 0 radical (unpaired) electrons. The zero-order valence-electron chi connectivity index (χ0n) is 8.99. The van der Waals surface area contributed by atoms with Crippen LogP contribution in [0, 0.1) is 0 Å². The molecule has 1 rings (SSSR count). The summed E-state index contributed by atoms with van der Waals surface area (Å²) < 4.78 is 0. The van der Waals surface area contributed by atoms with Gasteiger partial charge in [0, 0.05) is 12.8 Å². The number of nitrogens with one attached hydrogen (secondary N) is 1. The molecule has 0 spiro atoms. The number of hydrazine groups is 1. The van der Waals surface area contributed by atoms with Crippen molar-refractivity contribution in [3.63, 3.8) is 0 Å². The largest absolute Gasteiger partial charge is 0.216 e. The Bertz CT molecular complexity index is 293. The lowest BCUT2D eigenvalue weighted by molar-refractivity contribution is 0.736. The van der Waals surface area contributed by atoms with E-state index < -0.39 is 0 Å². The third-order valence-corrected chi connectivity index (χ3v) is 1.99. The summed E-state index contributed by atoms with van der Waals surface area (Å²) in [5, 5.41) is 6.20. The fourth-order valence-corrected chi connectivity index (χ4v) is 1.05. The van der Waals surface area contributed by atoms with E-state index in [4.69, 9.17) is 0 Å². The molecule has 0 aromatic heterocycles. The molecule has 0 bridgehead atoms. The second kappa shape index (κ2) is 5.40. The second-order valence-electron chi connectivity index (χ2n) is 3.06. The van der Waals surface area contributed by atoms with Crippen LogP contribution < -0.4 is 10.5 Å². The summed E-state index contributed by atoms with van der Waals surface area (Å²) in [6.45, 7) is 4.12. The van der Waals surface area contributed by atoms with Gasteiger partial charge in [0.25, 0.3) is 0 Å². The summed E-state index contributed by atoms with van der Waals surface area (Å²) in [7, 11) is 1.86. The van der Waals surface area contributed by atoms with E-state index in [2.05, 4.69) is 17.5 Å². The van der Waals surface area contributed by atoms with Gasteiger partial charge in [0.1, 0.15) is 0 Å². The molecule has 0 aliphatic rings. The van der Waals surface area contributed by atoms with E-state index >= 15 is 0 Å². The Morgan fingerprint density at radius 2 is 2.00 bits per heavy atom. The summed E-state index contributed by atoms with van der Waals surface area (Å²) in [5.41, 5.74) is 5.17. The van der Waals surface area contributed by atoms with Crippen molar-refractivity contribution in [3.05, 3.63) is 30.3 Å². The van der Waals surface area contributed by atoms with Crippen molar-refractivity contribution in [2.45, 2.75) is 20.3 Å². The number of para-hydroxylation sites is 1. The average molecular weight is 191 g/mol. The highest BCUT2D eigenvalue weighted by Crippen LogP contribution is 2.11. The Balaban J connectivity index is 2.83.